The summed E-state index contributed by atoms with van der Waals surface area (Å²) in [5, 5.41) is 25.2. The van der Waals surface area contributed by atoms with Gasteiger partial charge in [0, 0.05) is 27.1 Å². The molecule has 242 valence electrons. The Labute approximate surface area is 286 Å². The molecule has 0 atom stereocenters. The fraction of sp³-hybridized carbons (Fsp3) is 0.116. The standard InChI is InChI=1S/C43H29F3N4/c1-24-8-12-30-31-13-9-25(2)17-37(31)49(36(30)16-24)40-20-29(42-28(22-47)6-5-7-35(42)43(44,45)46)21-41(34(40)23-48)50-38-18-26(3)10-14-32(38)33-15-11-27(4)19-39(33)50/h5-21H,1-4H3. The summed E-state index contributed by atoms with van der Waals surface area (Å²) >= 11 is 0. The minimum absolute atomic E-state index is 0.107. The molecule has 8 rings (SSSR count). The number of nitriles is 2. The van der Waals surface area contributed by atoms with Crippen molar-refractivity contribution in [2.45, 2.75) is 33.9 Å². The van der Waals surface area contributed by atoms with E-state index in [-0.39, 0.29) is 16.7 Å². The minimum atomic E-state index is -4.74. The first-order valence-corrected chi connectivity index (χ1v) is 16.2. The number of hydrogen-bond acceptors (Lipinski definition) is 2. The third-order valence-corrected chi connectivity index (χ3v) is 9.63. The van der Waals surface area contributed by atoms with Crippen molar-refractivity contribution in [2.75, 3.05) is 0 Å². The van der Waals surface area contributed by atoms with Crippen molar-refractivity contribution in [3.63, 3.8) is 0 Å². The molecule has 0 N–H and O–H groups in total. The van der Waals surface area contributed by atoms with E-state index in [1.807, 2.05) is 116 Å². The van der Waals surface area contributed by atoms with Crippen LogP contribution in [0.4, 0.5) is 13.2 Å². The molecule has 0 bridgehead atoms. The molecule has 0 radical (unpaired) electrons. The zero-order valence-electron chi connectivity index (χ0n) is 27.7. The molecule has 6 aromatic carbocycles. The first kappa shape index (κ1) is 31.0. The largest absolute Gasteiger partial charge is 0.417 e. The molecule has 0 saturated heterocycles. The van der Waals surface area contributed by atoms with Crippen LogP contribution >= 0.6 is 0 Å². The van der Waals surface area contributed by atoms with Crippen molar-refractivity contribution in [1.29, 1.82) is 10.5 Å². The lowest BCUT2D eigenvalue weighted by atomic mass is 9.92. The zero-order chi connectivity index (χ0) is 35.1. The van der Waals surface area contributed by atoms with Gasteiger partial charge in [-0.2, -0.15) is 23.7 Å². The molecular formula is C43H29F3N4. The van der Waals surface area contributed by atoms with Crippen molar-refractivity contribution in [3.8, 4) is 34.6 Å². The normalized spacial score (nSPS) is 11.9. The van der Waals surface area contributed by atoms with Gasteiger partial charge in [-0.25, -0.2) is 0 Å². The molecule has 50 heavy (non-hydrogen) atoms. The van der Waals surface area contributed by atoms with Crippen LogP contribution < -0.4 is 0 Å². The molecule has 0 fully saturated rings. The molecule has 0 spiro atoms. The predicted molar refractivity (Wildman–Crippen MR) is 194 cm³/mol. The fourth-order valence-electron chi connectivity index (χ4n) is 7.41. The summed E-state index contributed by atoms with van der Waals surface area (Å²) in [6.45, 7) is 7.95. The van der Waals surface area contributed by atoms with Crippen LogP contribution in [0.15, 0.2) is 103 Å². The van der Waals surface area contributed by atoms with E-state index in [0.717, 1.165) is 71.9 Å². The van der Waals surface area contributed by atoms with Gasteiger partial charge in [0.25, 0.3) is 0 Å². The summed E-state index contributed by atoms with van der Waals surface area (Å²) in [4.78, 5) is 0. The molecule has 0 aliphatic rings. The number of rotatable bonds is 3. The van der Waals surface area contributed by atoms with E-state index in [4.69, 9.17) is 0 Å². The predicted octanol–water partition coefficient (Wildman–Crippen LogP) is 11.5. The average Bonchev–Trinajstić information content (AvgIpc) is 3.56. The monoisotopic (exact) mass is 658 g/mol. The second-order valence-corrected chi connectivity index (χ2v) is 13.1. The quantitative estimate of drug-likeness (QED) is 0.190. The molecule has 0 aliphatic carbocycles. The van der Waals surface area contributed by atoms with Gasteiger partial charge in [0.15, 0.2) is 0 Å². The van der Waals surface area contributed by atoms with Crippen molar-refractivity contribution in [2.24, 2.45) is 0 Å². The number of fused-ring (bicyclic) bond motifs is 6. The van der Waals surface area contributed by atoms with Crippen molar-refractivity contribution in [3.05, 3.63) is 142 Å². The molecule has 0 unspecified atom stereocenters. The Hall–Kier alpha value is -6.31. The lowest BCUT2D eigenvalue weighted by molar-refractivity contribution is -0.137. The first-order chi connectivity index (χ1) is 24.0. The number of nitrogens with zero attached hydrogens (tertiary/aromatic N) is 4. The van der Waals surface area contributed by atoms with E-state index in [9.17, 15) is 23.7 Å². The van der Waals surface area contributed by atoms with Crippen LogP contribution in [0.2, 0.25) is 0 Å². The van der Waals surface area contributed by atoms with E-state index < -0.39 is 11.7 Å². The number of aromatic nitrogens is 2. The second kappa shape index (κ2) is 11.1. The molecule has 2 heterocycles. The Kier molecular flexibility index (Phi) is 6.89. The van der Waals surface area contributed by atoms with Crippen LogP contribution in [0, 0.1) is 50.4 Å². The third-order valence-electron chi connectivity index (χ3n) is 9.63. The maximum absolute atomic E-state index is 14.8. The molecule has 0 aliphatic heterocycles. The molecule has 0 saturated carbocycles. The van der Waals surface area contributed by atoms with Gasteiger partial charge in [-0.3, -0.25) is 0 Å². The number of alkyl halides is 3. The SMILES string of the molecule is Cc1ccc2c3ccc(C)cc3n(-c3cc(-c4c(C#N)cccc4C(F)(F)F)cc(-n4c5cc(C)ccc5c5ccc(C)cc54)c3C#N)c2c1. The van der Waals surface area contributed by atoms with Crippen LogP contribution in [0.5, 0.6) is 0 Å². The Morgan fingerprint density at radius 2 is 0.920 bits per heavy atom. The molecule has 8 aromatic rings. The van der Waals surface area contributed by atoms with Gasteiger partial charge < -0.3 is 9.13 Å². The summed E-state index contributed by atoms with van der Waals surface area (Å²) in [5.41, 5.74) is 7.35. The van der Waals surface area contributed by atoms with Crippen molar-refractivity contribution < 1.29 is 13.2 Å². The molecule has 0 amide bonds. The number of hydrogen-bond donors (Lipinski definition) is 0. The van der Waals surface area contributed by atoms with E-state index in [2.05, 4.69) is 6.07 Å². The second-order valence-electron chi connectivity index (χ2n) is 13.1. The van der Waals surface area contributed by atoms with Crippen molar-refractivity contribution in [1.82, 2.24) is 9.13 Å². The number of aryl methyl sites for hydroxylation is 4. The summed E-state index contributed by atoms with van der Waals surface area (Å²) in [5.74, 6) is 0. The van der Waals surface area contributed by atoms with Crippen LogP contribution in [0.25, 0.3) is 66.1 Å². The molecule has 7 heteroatoms. The average molecular weight is 659 g/mol. The highest BCUT2D eigenvalue weighted by Gasteiger charge is 2.35. The fourth-order valence-corrected chi connectivity index (χ4v) is 7.41. The Bertz CT molecular complexity index is 2550. The zero-order valence-corrected chi connectivity index (χ0v) is 27.7. The minimum Gasteiger partial charge on any atom is -0.308 e. The van der Waals surface area contributed by atoms with Crippen LogP contribution in [0.3, 0.4) is 0 Å². The van der Waals surface area contributed by atoms with Crippen LogP contribution in [-0.4, -0.2) is 9.13 Å². The number of benzene rings is 6. The van der Waals surface area contributed by atoms with Gasteiger partial charge in [-0.15, -0.1) is 0 Å². The van der Waals surface area contributed by atoms with Crippen LogP contribution in [0.1, 0.15) is 38.9 Å². The molecule has 4 nitrogen and oxygen atoms in total. The van der Waals surface area contributed by atoms with Crippen molar-refractivity contribution >= 4 is 43.6 Å². The highest BCUT2D eigenvalue weighted by Crippen LogP contribution is 2.44. The maximum atomic E-state index is 14.8. The van der Waals surface area contributed by atoms with Gasteiger partial charge >= 0.3 is 6.18 Å². The Balaban J connectivity index is 1.63. The highest BCUT2D eigenvalue weighted by molar-refractivity contribution is 6.11. The molecule has 2 aromatic heterocycles. The van der Waals surface area contributed by atoms with E-state index in [0.29, 0.717) is 16.9 Å². The third kappa shape index (κ3) is 4.66. The van der Waals surface area contributed by atoms with E-state index in [1.165, 1.54) is 12.1 Å². The van der Waals surface area contributed by atoms with Gasteiger partial charge in [-0.05, 0) is 104 Å². The summed E-state index contributed by atoms with van der Waals surface area (Å²) in [6, 6.07) is 35.9. The van der Waals surface area contributed by atoms with Gasteiger partial charge in [-0.1, -0.05) is 54.6 Å². The van der Waals surface area contributed by atoms with E-state index in [1.54, 1.807) is 12.1 Å². The summed E-state index contributed by atoms with van der Waals surface area (Å²) in [7, 11) is 0. The molecular weight excluding hydrogens is 629 g/mol. The van der Waals surface area contributed by atoms with E-state index >= 15 is 0 Å². The van der Waals surface area contributed by atoms with Gasteiger partial charge in [0.05, 0.1) is 50.6 Å². The summed E-state index contributed by atoms with van der Waals surface area (Å²) in [6.07, 6.45) is -4.74. The Morgan fingerprint density at radius 1 is 0.520 bits per heavy atom. The van der Waals surface area contributed by atoms with Crippen LogP contribution in [-0.2, 0) is 6.18 Å². The Morgan fingerprint density at radius 3 is 1.26 bits per heavy atom. The lowest BCUT2D eigenvalue weighted by Gasteiger charge is -2.21. The van der Waals surface area contributed by atoms with Gasteiger partial charge in [0.1, 0.15) is 11.6 Å². The maximum Gasteiger partial charge on any atom is 0.417 e. The highest BCUT2D eigenvalue weighted by atomic mass is 19.4. The number of halogens is 3. The smallest absolute Gasteiger partial charge is 0.308 e. The lowest BCUT2D eigenvalue weighted by Crippen LogP contribution is -2.10. The summed E-state index contributed by atoms with van der Waals surface area (Å²) < 4.78 is 48.3. The topological polar surface area (TPSA) is 57.4 Å². The first-order valence-electron chi connectivity index (χ1n) is 16.2. The van der Waals surface area contributed by atoms with Gasteiger partial charge in [0.2, 0.25) is 0 Å².